The van der Waals surface area contributed by atoms with Crippen LogP contribution in [0.4, 0.5) is 10.1 Å². The van der Waals surface area contributed by atoms with Gasteiger partial charge < -0.3 is 9.47 Å². The van der Waals surface area contributed by atoms with Crippen LogP contribution in [0.3, 0.4) is 0 Å². The summed E-state index contributed by atoms with van der Waals surface area (Å²) in [6.07, 6.45) is 5.03. The van der Waals surface area contributed by atoms with Gasteiger partial charge in [0, 0.05) is 42.6 Å². The molecular weight excluding hydrogens is 587 g/mol. The van der Waals surface area contributed by atoms with Crippen LogP contribution in [0.15, 0.2) is 84.0 Å². The topological polar surface area (TPSA) is 84.3 Å². The van der Waals surface area contributed by atoms with Gasteiger partial charge in [0.15, 0.2) is 0 Å². The van der Waals surface area contributed by atoms with Crippen LogP contribution in [-0.2, 0) is 33.8 Å². The number of aryl methyl sites for hydroxylation is 1. The molecule has 0 radical (unpaired) electrons. The lowest BCUT2D eigenvalue weighted by Crippen LogP contribution is -2.37. The Morgan fingerprint density at radius 3 is 2.63 bits per heavy atom. The van der Waals surface area contributed by atoms with Gasteiger partial charge in [-0.1, -0.05) is 56.6 Å². The van der Waals surface area contributed by atoms with Gasteiger partial charge in [-0.25, -0.2) is 22.5 Å². The van der Waals surface area contributed by atoms with Crippen LogP contribution in [-0.4, -0.2) is 23.9 Å². The second kappa shape index (κ2) is 12.2. The third-order valence-corrected chi connectivity index (χ3v) is 10.0. The molecule has 0 aliphatic heterocycles. The normalized spacial score (nSPS) is 16.8. The maximum Gasteiger partial charge on any atom is 0.241 e. The Morgan fingerprint density at radius 1 is 1.16 bits per heavy atom. The van der Waals surface area contributed by atoms with E-state index >= 15 is 0 Å². The number of carbonyl (C=O) groups is 1. The fourth-order valence-electron chi connectivity index (χ4n) is 5.75. The van der Waals surface area contributed by atoms with Crippen molar-refractivity contribution >= 4 is 33.2 Å². The number of fused-ring (bicyclic) bond motifs is 1. The molecule has 43 heavy (non-hydrogen) atoms. The molecule has 226 valence electrons. The predicted octanol–water partition coefficient (Wildman–Crippen LogP) is 7.03. The van der Waals surface area contributed by atoms with E-state index in [1.54, 1.807) is 29.3 Å². The molecule has 1 amide bonds. The lowest BCUT2D eigenvalue weighted by atomic mass is 9.71. The number of anilines is 1. The maximum atomic E-state index is 13.9. The highest BCUT2D eigenvalue weighted by Gasteiger charge is 2.36. The molecule has 2 atom stereocenters. The summed E-state index contributed by atoms with van der Waals surface area (Å²) >= 11 is 6.09. The molecule has 1 heterocycles. The van der Waals surface area contributed by atoms with Crippen molar-refractivity contribution in [3.63, 3.8) is 0 Å². The average Bonchev–Trinajstić information content (AvgIpc) is 3.37. The lowest BCUT2D eigenvalue weighted by Gasteiger charge is -2.38. The molecule has 1 aromatic heterocycles. The van der Waals surface area contributed by atoms with Gasteiger partial charge in [0.05, 0.1) is 11.4 Å². The number of hydrogen-bond donors (Lipinski definition) is 1. The van der Waals surface area contributed by atoms with E-state index in [-0.39, 0.29) is 40.9 Å². The summed E-state index contributed by atoms with van der Waals surface area (Å²) in [5.74, 6) is -0.0139. The zero-order valence-corrected chi connectivity index (χ0v) is 26.3. The number of benzene rings is 3. The standard InChI is InChI=1S/C33H36ClFN4O3S/c1-22(23-7-5-9-25(35)18-23)17-32(40)39(21-31-36-15-16-38(31)4)26-11-12-29-28(20-26)30(13-14-33(29,2)3)37-43(41,42)27-10-6-8-24(34)19-27/h5-12,15-16,18-20,22,30,37H,13-14,17,21H2,1-4H3/t22-,30+/m0/s1. The Morgan fingerprint density at radius 2 is 1.93 bits per heavy atom. The first-order chi connectivity index (χ1) is 20.3. The highest BCUT2D eigenvalue weighted by atomic mass is 35.5. The third-order valence-electron chi connectivity index (χ3n) is 8.33. The van der Waals surface area contributed by atoms with Crippen molar-refractivity contribution in [2.75, 3.05) is 4.90 Å². The molecule has 1 N–H and O–H groups in total. The van der Waals surface area contributed by atoms with Gasteiger partial charge in [0.25, 0.3) is 0 Å². The smallest absolute Gasteiger partial charge is 0.241 e. The highest BCUT2D eigenvalue weighted by Crippen LogP contribution is 2.44. The van der Waals surface area contributed by atoms with Gasteiger partial charge >= 0.3 is 0 Å². The second-order valence-electron chi connectivity index (χ2n) is 11.9. The van der Waals surface area contributed by atoms with E-state index in [9.17, 15) is 17.6 Å². The number of halogens is 2. The second-order valence-corrected chi connectivity index (χ2v) is 14.1. The van der Waals surface area contributed by atoms with Crippen molar-refractivity contribution in [3.8, 4) is 0 Å². The SMILES string of the molecule is C[C@@H](CC(=O)N(Cc1nccn1C)c1ccc2c(c1)[C@H](NS(=O)(=O)c1cccc(Cl)c1)CCC2(C)C)c1cccc(F)c1. The molecular formula is C33H36ClFN4O3S. The average molecular weight is 623 g/mol. The Labute approximate surface area is 257 Å². The minimum Gasteiger partial charge on any atom is -0.337 e. The molecule has 7 nitrogen and oxygen atoms in total. The predicted molar refractivity (Wildman–Crippen MR) is 167 cm³/mol. The van der Waals surface area contributed by atoms with E-state index in [4.69, 9.17) is 11.6 Å². The molecule has 0 saturated carbocycles. The number of aromatic nitrogens is 2. The van der Waals surface area contributed by atoms with Crippen molar-refractivity contribution in [2.45, 2.75) is 68.8 Å². The van der Waals surface area contributed by atoms with Crippen molar-refractivity contribution in [1.82, 2.24) is 14.3 Å². The summed E-state index contributed by atoms with van der Waals surface area (Å²) in [5.41, 5.74) is 3.05. The number of rotatable bonds is 9. The lowest BCUT2D eigenvalue weighted by molar-refractivity contribution is -0.119. The number of nitrogens with zero attached hydrogens (tertiary/aromatic N) is 3. The first-order valence-corrected chi connectivity index (χ1v) is 16.1. The molecule has 1 aliphatic rings. The first-order valence-electron chi connectivity index (χ1n) is 14.3. The minimum absolute atomic E-state index is 0.0976. The van der Waals surface area contributed by atoms with Crippen molar-refractivity contribution in [3.05, 3.63) is 112 Å². The zero-order chi connectivity index (χ0) is 30.9. The van der Waals surface area contributed by atoms with Crippen LogP contribution >= 0.6 is 11.6 Å². The molecule has 0 spiro atoms. The summed E-state index contributed by atoms with van der Waals surface area (Å²) in [6, 6.07) is 17.9. The van der Waals surface area contributed by atoms with E-state index in [1.807, 2.05) is 49.0 Å². The fraction of sp³-hybridized carbons (Fsp3) is 0.333. The Bertz CT molecular complexity index is 1750. The van der Waals surface area contributed by atoms with Crippen LogP contribution in [0.1, 0.15) is 74.5 Å². The molecule has 3 aromatic carbocycles. The van der Waals surface area contributed by atoms with E-state index in [0.29, 0.717) is 23.0 Å². The Hall–Kier alpha value is -3.53. The number of nitrogens with one attached hydrogen (secondary N) is 1. The van der Waals surface area contributed by atoms with Crippen molar-refractivity contribution in [2.24, 2.45) is 7.05 Å². The zero-order valence-electron chi connectivity index (χ0n) is 24.7. The van der Waals surface area contributed by atoms with Gasteiger partial charge in [-0.05, 0) is 83.3 Å². The fourth-order valence-corrected chi connectivity index (χ4v) is 7.30. The number of imidazole rings is 1. The molecule has 0 unspecified atom stereocenters. The van der Waals surface area contributed by atoms with Crippen molar-refractivity contribution in [1.29, 1.82) is 0 Å². The van der Waals surface area contributed by atoms with Gasteiger partial charge in [-0.2, -0.15) is 0 Å². The molecule has 5 rings (SSSR count). The van der Waals surface area contributed by atoms with Crippen molar-refractivity contribution < 1.29 is 17.6 Å². The van der Waals surface area contributed by atoms with Crippen LogP contribution < -0.4 is 9.62 Å². The number of carbonyl (C=O) groups excluding carboxylic acids is 1. The van der Waals surface area contributed by atoms with E-state index < -0.39 is 16.1 Å². The summed E-state index contributed by atoms with van der Waals surface area (Å²) in [5, 5.41) is 0.339. The van der Waals surface area contributed by atoms with Crippen LogP contribution in [0.2, 0.25) is 5.02 Å². The molecule has 0 saturated heterocycles. The molecule has 10 heteroatoms. The quantitative estimate of drug-likeness (QED) is 0.217. The first kappa shape index (κ1) is 30.9. The van der Waals surface area contributed by atoms with Gasteiger partial charge in [0.2, 0.25) is 15.9 Å². The van der Waals surface area contributed by atoms with Crippen LogP contribution in [0.25, 0.3) is 0 Å². The van der Waals surface area contributed by atoms with E-state index in [0.717, 1.165) is 23.1 Å². The van der Waals surface area contributed by atoms with Gasteiger partial charge in [0.1, 0.15) is 11.6 Å². The highest BCUT2D eigenvalue weighted by molar-refractivity contribution is 7.89. The summed E-state index contributed by atoms with van der Waals surface area (Å²) < 4.78 is 45.5. The molecule has 0 fully saturated rings. The summed E-state index contributed by atoms with van der Waals surface area (Å²) in [4.78, 5) is 20.2. The van der Waals surface area contributed by atoms with Gasteiger partial charge in [-0.3, -0.25) is 4.79 Å². The minimum atomic E-state index is -3.87. The third kappa shape index (κ3) is 6.84. The number of sulfonamides is 1. The Balaban J connectivity index is 1.52. The molecule has 0 bridgehead atoms. The van der Waals surface area contributed by atoms with Crippen LogP contribution in [0.5, 0.6) is 0 Å². The summed E-state index contributed by atoms with van der Waals surface area (Å²) in [7, 11) is -2.00. The largest absolute Gasteiger partial charge is 0.337 e. The monoisotopic (exact) mass is 622 g/mol. The van der Waals surface area contributed by atoms with Crippen LogP contribution in [0, 0.1) is 5.82 Å². The summed E-state index contributed by atoms with van der Waals surface area (Å²) in [6.45, 7) is 6.41. The van der Waals surface area contributed by atoms with Gasteiger partial charge in [-0.15, -0.1) is 0 Å². The molecule has 4 aromatic rings. The van der Waals surface area contributed by atoms with E-state index in [1.165, 1.54) is 24.3 Å². The number of hydrogen-bond acceptors (Lipinski definition) is 4. The maximum absolute atomic E-state index is 13.9. The Kier molecular flexibility index (Phi) is 8.79. The van der Waals surface area contributed by atoms with E-state index in [2.05, 4.69) is 23.6 Å². The number of amides is 1. The molecule has 1 aliphatic carbocycles.